The minimum atomic E-state index is -0.121. The van der Waals surface area contributed by atoms with E-state index in [1.165, 1.54) is 19.2 Å². The molecule has 21 nitrogen and oxygen atoms in total. The molecule has 91 heavy (non-hydrogen) atoms. The summed E-state index contributed by atoms with van der Waals surface area (Å²) in [6, 6.07) is 14.8. The number of phenols is 1. The Bertz CT molecular complexity index is 4750. The molecule has 0 saturated heterocycles. The molecule has 12 aromatic rings. The van der Waals surface area contributed by atoms with Crippen molar-refractivity contribution in [1.29, 1.82) is 0 Å². The quantitative estimate of drug-likeness (QED) is 0.122. The number of aromatic hydroxyl groups is 1. The summed E-state index contributed by atoms with van der Waals surface area (Å²) in [6.45, 7) is 6.44. The van der Waals surface area contributed by atoms with Crippen LogP contribution in [-0.4, -0.2) is 101 Å². The van der Waals surface area contributed by atoms with Crippen molar-refractivity contribution in [2.75, 3.05) is 20.3 Å². The Morgan fingerprint density at radius 2 is 0.846 bits per heavy atom. The molecule has 2 aliphatic carbocycles. The lowest BCUT2D eigenvalue weighted by Crippen LogP contribution is -2.09. The van der Waals surface area contributed by atoms with Crippen molar-refractivity contribution in [2.24, 2.45) is 11.8 Å². The molecule has 2 N–H and O–H groups in total. The van der Waals surface area contributed by atoms with Gasteiger partial charge in [0.2, 0.25) is 17.5 Å². The number of phenolic OH excluding ortho intramolecular Hbond substituents is 1. The Hall–Kier alpha value is -7.54. The van der Waals surface area contributed by atoms with E-state index in [1.54, 1.807) is 47.3 Å². The van der Waals surface area contributed by atoms with Crippen molar-refractivity contribution in [3.05, 3.63) is 154 Å². The Morgan fingerprint density at radius 3 is 1.22 bits per heavy atom. The van der Waals surface area contributed by atoms with Gasteiger partial charge in [0.25, 0.3) is 17.7 Å². The van der Waals surface area contributed by atoms with Crippen molar-refractivity contribution in [3.63, 3.8) is 0 Å². The first-order chi connectivity index (χ1) is 43.6. The summed E-state index contributed by atoms with van der Waals surface area (Å²) in [5.41, 5.74) is 7.76. The summed E-state index contributed by atoms with van der Waals surface area (Å²) in [5, 5.41) is 33.6. The van der Waals surface area contributed by atoms with Gasteiger partial charge in [-0.2, -0.15) is 15.0 Å². The number of nitrogens with zero attached hydrogens (tertiary/aromatic N) is 12. The summed E-state index contributed by atoms with van der Waals surface area (Å²) in [7, 11) is 1.51. The average molecular weight is 1410 g/mol. The van der Waals surface area contributed by atoms with Gasteiger partial charge in [-0.05, 0) is 92.6 Å². The number of aliphatic hydroxyl groups excluding tert-OH is 1. The van der Waals surface area contributed by atoms with E-state index in [-0.39, 0.29) is 69.3 Å². The number of aromatic nitrogens is 12. The van der Waals surface area contributed by atoms with Gasteiger partial charge >= 0.3 is 0 Å². The number of fused-ring (bicyclic) bond motifs is 3. The molecule has 2 saturated carbocycles. The van der Waals surface area contributed by atoms with Crippen LogP contribution >= 0.6 is 104 Å². The maximum absolute atomic E-state index is 11.4. The monoisotopic (exact) mass is 1410 g/mol. The maximum Gasteiger partial charge on any atom is 0.278 e. The number of ketones is 2. The third-order valence-electron chi connectivity index (χ3n) is 14.3. The third-order valence-corrected chi connectivity index (χ3v) is 17.0. The first-order valence-corrected chi connectivity index (χ1v) is 30.9. The number of hydrogen-bond acceptors (Lipinski definition) is 18. The van der Waals surface area contributed by atoms with Crippen molar-refractivity contribution in [2.45, 2.75) is 59.3 Å². The highest BCUT2D eigenvalue weighted by atomic mass is 35.5. The average Bonchev–Trinajstić information content (AvgIpc) is 1.69. The van der Waals surface area contributed by atoms with E-state index < -0.39 is 0 Å². The summed E-state index contributed by atoms with van der Waals surface area (Å²) in [5.74, 6) is 3.38. The summed E-state index contributed by atoms with van der Waals surface area (Å²) < 4.78 is 32.4. The van der Waals surface area contributed by atoms with E-state index in [4.69, 9.17) is 133 Å². The number of hydrogen-bond donors (Lipinski definition) is 2. The first kappa shape index (κ1) is 65.0. The van der Waals surface area contributed by atoms with Gasteiger partial charge in [-0.15, -0.1) is 0 Å². The van der Waals surface area contributed by atoms with Crippen molar-refractivity contribution < 1.29 is 42.8 Å². The van der Waals surface area contributed by atoms with Crippen LogP contribution in [0.1, 0.15) is 55.2 Å². The third kappa shape index (κ3) is 14.7. The molecule has 2 fully saturated rings. The highest BCUT2D eigenvalue weighted by molar-refractivity contribution is 6.38. The molecule has 0 amide bonds. The molecule has 3 aromatic carbocycles. The number of rotatable bonds is 11. The minimum Gasteiger partial charge on any atom is -0.506 e. The summed E-state index contributed by atoms with van der Waals surface area (Å²) in [4.78, 5) is 48.4. The van der Waals surface area contributed by atoms with Crippen LogP contribution in [0.15, 0.2) is 105 Å². The zero-order valence-corrected chi connectivity index (χ0v) is 54.8. The number of benzene rings is 3. The molecular formula is C61H47Cl9N12O9. The summed E-state index contributed by atoms with van der Waals surface area (Å²) >= 11 is 56.1. The van der Waals surface area contributed by atoms with E-state index in [1.807, 2.05) is 66.4 Å². The molecule has 30 heteroatoms. The number of halogens is 9. The number of pyridine rings is 3. The Kier molecular flexibility index (Phi) is 19.8. The van der Waals surface area contributed by atoms with Gasteiger partial charge < -0.3 is 46.5 Å². The van der Waals surface area contributed by atoms with Crippen molar-refractivity contribution in [1.82, 2.24) is 58.6 Å². The zero-order chi connectivity index (χ0) is 64.5. The molecule has 0 unspecified atom stereocenters. The van der Waals surface area contributed by atoms with E-state index in [0.29, 0.717) is 141 Å². The van der Waals surface area contributed by atoms with Crippen LogP contribution < -0.4 is 9.47 Å². The Morgan fingerprint density at radius 1 is 0.473 bits per heavy atom. The summed E-state index contributed by atoms with van der Waals surface area (Å²) in [6.07, 6.45) is 15.2. The standard InChI is InChI=1S/C22H17Cl3N4O3.C17H11Cl3N4O2.C16H9Cl3N4O2.C6H10O2/c1-11-4-17(25)21-26-18(9-29(21)8-11)22-27-20(28-32-22)14-6-16(24)19(7-15(14)23)31-10-12-2-3-13(30)5-12;1-8-3-12(20)16-21-13(7-24(16)6-8)17-22-15(23-26-17)9-4-11(19)14(25-2)5-10(9)18;1-7-2-11(19)15-20-12(6-23(15)5-7)16-21-14(22-25-16)8-3-10(18)13(24)4-9(8)17;7-4-5-1-2-6(8)3-5/h4,6-9,12H,2-3,5,10H2,1H3;3-7H,1-2H3;2-6,24H,1H3;5,7H,1-4H2/t12-;;;5-/m1..1/s1. The van der Waals surface area contributed by atoms with Crippen molar-refractivity contribution >= 4 is 133 Å². The molecule has 9 heterocycles. The second-order valence-electron chi connectivity index (χ2n) is 21.2. The van der Waals surface area contributed by atoms with E-state index >= 15 is 0 Å². The molecule has 9 aromatic heterocycles. The number of imidazole rings is 3. The number of ether oxygens (including phenoxy) is 2. The molecule has 468 valence electrons. The highest BCUT2D eigenvalue weighted by Gasteiger charge is 2.26. The molecule has 0 radical (unpaired) electrons. The Balaban J connectivity index is 0.000000133. The van der Waals surface area contributed by atoms with Gasteiger partial charge in [-0.25, -0.2) is 15.0 Å². The normalized spacial score (nSPS) is 14.6. The van der Waals surface area contributed by atoms with Crippen LogP contribution in [0, 0.1) is 32.6 Å². The van der Waals surface area contributed by atoms with Gasteiger partial charge in [0.1, 0.15) is 45.9 Å². The predicted octanol–water partition coefficient (Wildman–Crippen LogP) is 16.8. The second-order valence-corrected chi connectivity index (χ2v) is 24.9. The van der Waals surface area contributed by atoms with Gasteiger partial charge in [0.05, 0.1) is 58.9 Å². The van der Waals surface area contributed by atoms with Gasteiger partial charge in [0.15, 0.2) is 16.9 Å². The highest BCUT2D eigenvalue weighted by Crippen LogP contribution is 2.40. The molecule has 14 rings (SSSR count). The fourth-order valence-electron chi connectivity index (χ4n) is 9.85. The number of methoxy groups -OCH3 is 1. The number of aryl methyl sites for hydroxylation is 3. The van der Waals surface area contributed by atoms with Crippen LogP contribution in [0.2, 0.25) is 45.2 Å². The number of aliphatic hydroxyl groups is 1. The molecule has 2 atom stereocenters. The zero-order valence-electron chi connectivity index (χ0n) is 48.0. The smallest absolute Gasteiger partial charge is 0.278 e. The molecule has 2 aliphatic rings. The van der Waals surface area contributed by atoms with E-state index in [0.717, 1.165) is 29.5 Å². The lowest BCUT2D eigenvalue weighted by molar-refractivity contribution is -0.118. The van der Waals surface area contributed by atoms with Crippen LogP contribution in [0.3, 0.4) is 0 Å². The van der Waals surface area contributed by atoms with Crippen LogP contribution in [0.5, 0.6) is 17.2 Å². The largest absolute Gasteiger partial charge is 0.506 e. The van der Waals surface area contributed by atoms with Gasteiger partial charge in [0, 0.05) is 110 Å². The van der Waals surface area contributed by atoms with Crippen LogP contribution in [0.4, 0.5) is 0 Å². The maximum atomic E-state index is 11.4. The molecule has 0 aliphatic heterocycles. The SMILES string of the molecule is COc1cc(Cl)c(-c2noc(-c3cn4cc(C)cc(Cl)c4n3)n2)cc1Cl.Cc1cc(Cl)c2nc(-c3nc(-c4cc(Cl)c(O)cc4Cl)no3)cn2c1.Cc1cc(Cl)c2nc(-c3nc(-c4cc(Cl)c(OC[C@@H]5CCC(=O)C5)cc4Cl)no3)cn2c1.O=C1CC[C@@H](CO)C1. The van der Waals surface area contributed by atoms with Crippen LogP contribution in [0.25, 0.3) is 85.9 Å². The Labute approximate surface area is 561 Å². The lowest BCUT2D eigenvalue weighted by atomic mass is 10.1. The number of carbonyl (C=O) groups excluding carboxylic acids is 2. The van der Waals surface area contributed by atoms with Gasteiger partial charge in [-0.1, -0.05) is 120 Å². The second kappa shape index (κ2) is 27.7. The van der Waals surface area contributed by atoms with Gasteiger partial charge in [-0.3, -0.25) is 9.59 Å². The fourth-order valence-corrected chi connectivity index (χ4v) is 12.1. The first-order valence-electron chi connectivity index (χ1n) is 27.5. The number of carbonyl (C=O) groups is 2. The van der Waals surface area contributed by atoms with E-state index in [9.17, 15) is 14.7 Å². The molecular weight excluding hydrogens is 1360 g/mol. The van der Waals surface area contributed by atoms with Crippen LogP contribution in [-0.2, 0) is 9.59 Å². The van der Waals surface area contributed by atoms with E-state index in [2.05, 4.69) is 45.4 Å². The predicted molar refractivity (Wildman–Crippen MR) is 347 cm³/mol. The molecule has 0 bridgehead atoms. The minimum absolute atomic E-state index is 0.121. The molecule has 0 spiro atoms. The topological polar surface area (TPSA) is 262 Å². The lowest BCUT2D eigenvalue weighted by Gasteiger charge is -2.13. The number of Topliss-reactive ketones (excluding diaryl/α,β-unsaturated/α-hetero) is 2. The fraction of sp³-hybridized carbons (Fsp3) is 0.230. The van der Waals surface area contributed by atoms with Crippen molar-refractivity contribution in [3.8, 4) is 86.2 Å².